The van der Waals surface area contributed by atoms with E-state index in [2.05, 4.69) is 5.32 Å². The zero-order chi connectivity index (χ0) is 21.7. The number of anilines is 1. The minimum Gasteiger partial charge on any atom is -0.325 e. The number of sulfonamides is 1. The molecule has 0 heterocycles. The average molecular weight is 463 g/mol. The van der Waals surface area contributed by atoms with Crippen molar-refractivity contribution >= 4 is 44.8 Å². The molecular formula is C22H20Cl2N2O3S. The molecule has 156 valence electrons. The van der Waals surface area contributed by atoms with Gasteiger partial charge in [-0.3, -0.25) is 4.79 Å². The van der Waals surface area contributed by atoms with Gasteiger partial charge in [-0.2, -0.15) is 4.31 Å². The first kappa shape index (κ1) is 22.3. The number of hydrogen-bond acceptors (Lipinski definition) is 3. The van der Waals surface area contributed by atoms with Crippen molar-refractivity contribution in [3.63, 3.8) is 0 Å². The molecule has 1 N–H and O–H groups in total. The highest BCUT2D eigenvalue weighted by molar-refractivity contribution is 7.89. The van der Waals surface area contributed by atoms with Crippen molar-refractivity contribution in [2.45, 2.75) is 18.4 Å². The number of nitrogens with one attached hydrogen (secondary N) is 1. The summed E-state index contributed by atoms with van der Waals surface area (Å²) in [5.74, 6) is -0.472. The molecule has 3 aromatic carbocycles. The van der Waals surface area contributed by atoms with E-state index in [0.717, 1.165) is 9.87 Å². The standard InChI is InChI=1S/C22H20Cl2N2O3S/c1-16-10-12-18(13-11-16)30(28,29)26(14-19-20(23)8-5-9-21(19)24)15-22(27)25-17-6-3-2-4-7-17/h2-13H,14-15H2,1H3,(H,25,27). The molecule has 1 amide bonds. The largest absolute Gasteiger partial charge is 0.325 e. The van der Waals surface area contributed by atoms with Gasteiger partial charge in [-0.15, -0.1) is 0 Å². The van der Waals surface area contributed by atoms with Crippen LogP contribution >= 0.6 is 23.2 Å². The SMILES string of the molecule is Cc1ccc(S(=O)(=O)N(CC(=O)Nc2ccccc2)Cc2c(Cl)cccc2Cl)cc1. The summed E-state index contributed by atoms with van der Waals surface area (Å²) in [6, 6.07) is 20.2. The average Bonchev–Trinajstić information content (AvgIpc) is 2.71. The van der Waals surface area contributed by atoms with Crippen LogP contribution in [-0.4, -0.2) is 25.2 Å². The Kier molecular flexibility index (Phi) is 7.15. The van der Waals surface area contributed by atoms with E-state index in [1.165, 1.54) is 12.1 Å². The lowest BCUT2D eigenvalue weighted by atomic mass is 10.2. The molecule has 0 aliphatic rings. The molecule has 0 unspecified atom stereocenters. The van der Waals surface area contributed by atoms with Gasteiger partial charge in [0.05, 0.1) is 11.4 Å². The number of carbonyl (C=O) groups excluding carboxylic acids is 1. The molecule has 0 aliphatic carbocycles. The van der Waals surface area contributed by atoms with Crippen LogP contribution in [0.1, 0.15) is 11.1 Å². The summed E-state index contributed by atoms with van der Waals surface area (Å²) in [4.78, 5) is 12.7. The highest BCUT2D eigenvalue weighted by Gasteiger charge is 2.28. The molecule has 0 atom stereocenters. The second-order valence-electron chi connectivity index (χ2n) is 6.70. The molecule has 3 aromatic rings. The van der Waals surface area contributed by atoms with Crippen LogP contribution in [0.25, 0.3) is 0 Å². The molecule has 0 fully saturated rings. The van der Waals surface area contributed by atoms with Gasteiger partial charge in [0, 0.05) is 27.8 Å². The zero-order valence-electron chi connectivity index (χ0n) is 16.2. The van der Waals surface area contributed by atoms with Crippen molar-refractivity contribution in [2.75, 3.05) is 11.9 Å². The number of nitrogens with zero attached hydrogens (tertiary/aromatic N) is 1. The van der Waals surface area contributed by atoms with Crippen molar-refractivity contribution < 1.29 is 13.2 Å². The first-order valence-electron chi connectivity index (χ1n) is 9.12. The predicted octanol–water partition coefficient (Wildman–Crippen LogP) is 5.13. The lowest BCUT2D eigenvalue weighted by Gasteiger charge is -2.23. The van der Waals surface area contributed by atoms with Crippen molar-refractivity contribution in [2.24, 2.45) is 0 Å². The Morgan fingerprint density at radius 3 is 2.10 bits per heavy atom. The Labute approximate surface area is 186 Å². The fourth-order valence-corrected chi connectivity index (χ4v) is 4.71. The summed E-state index contributed by atoms with van der Waals surface area (Å²) < 4.78 is 27.7. The second kappa shape index (κ2) is 9.62. The molecule has 0 spiro atoms. The second-order valence-corrected chi connectivity index (χ2v) is 9.45. The van der Waals surface area contributed by atoms with E-state index in [1.807, 2.05) is 13.0 Å². The molecule has 0 aliphatic heterocycles. The Bertz CT molecular complexity index is 1110. The number of hydrogen-bond donors (Lipinski definition) is 1. The van der Waals surface area contributed by atoms with Gasteiger partial charge in [0.25, 0.3) is 0 Å². The highest BCUT2D eigenvalue weighted by Crippen LogP contribution is 2.28. The minimum absolute atomic E-state index is 0.0868. The summed E-state index contributed by atoms with van der Waals surface area (Å²) in [5, 5.41) is 3.37. The summed E-state index contributed by atoms with van der Waals surface area (Å²) in [6.07, 6.45) is 0. The van der Waals surface area contributed by atoms with Crippen LogP contribution in [0.3, 0.4) is 0 Å². The normalized spacial score (nSPS) is 11.5. The fourth-order valence-electron chi connectivity index (χ4n) is 2.83. The third kappa shape index (κ3) is 5.40. The minimum atomic E-state index is -3.98. The first-order valence-corrected chi connectivity index (χ1v) is 11.3. The van der Waals surface area contributed by atoms with Crippen molar-refractivity contribution in [1.82, 2.24) is 4.31 Å². The Hall–Kier alpha value is -2.38. The van der Waals surface area contributed by atoms with Crippen LogP contribution in [0.5, 0.6) is 0 Å². The van der Waals surface area contributed by atoms with Gasteiger partial charge in [-0.1, -0.05) is 65.2 Å². The summed E-state index contributed by atoms with van der Waals surface area (Å²) in [6.45, 7) is 1.33. The van der Waals surface area contributed by atoms with E-state index in [1.54, 1.807) is 54.6 Å². The topological polar surface area (TPSA) is 66.5 Å². The summed E-state index contributed by atoms with van der Waals surface area (Å²) >= 11 is 12.5. The number of carbonyl (C=O) groups is 1. The van der Waals surface area contributed by atoms with Gasteiger partial charge in [0.15, 0.2) is 0 Å². The number of aryl methyl sites for hydroxylation is 1. The van der Waals surface area contributed by atoms with E-state index in [4.69, 9.17) is 23.2 Å². The first-order chi connectivity index (χ1) is 14.3. The third-order valence-corrected chi connectivity index (χ3v) is 6.95. The van der Waals surface area contributed by atoms with E-state index < -0.39 is 22.5 Å². The third-order valence-electron chi connectivity index (χ3n) is 4.43. The van der Waals surface area contributed by atoms with Gasteiger partial charge in [-0.05, 0) is 43.3 Å². The van der Waals surface area contributed by atoms with Crippen LogP contribution < -0.4 is 5.32 Å². The van der Waals surface area contributed by atoms with Gasteiger partial charge in [0.2, 0.25) is 15.9 Å². The molecule has 0 aromatic heterocycles. The maximum Gasteiger partial charge on any atom is 0.243 e. The molecule has 3 rings (SSSR count). The monoisotopic (exact) mass is 462 g/mol. The zero-order valence-corrected chi connectivity index (χ0v) is 18.5. The fraction of sp³-hybridized carbons (Fsp3) is 0.136. The smallest absolute Gasteiger partial charge is 0.243 e. The molecule has 0 bridgehead atoms. The predicted molar refractivity (Wildman–Crippen MR) is 120 cm³/mol. The molecule has 5 nitrogen and oxygen atoms in total. The van der Waals surface area contributed by atoms with Crippen molar-refractivity contribution in [3.05, 3.63) is 94.0 Å². The van der Waals surface area contributed by atoms with Crippen molar-refractivity contribution in [1.29, 1.82) is 0 Å². The van der Waals surface area contributed by atoms with Crippen LogP contribution in [0.4, 0.5) is 5.69 Å². The summed E-state index contributed by atoms with van der Waals surface area (Å²) in [7, 11) is -3.98. The van der Waals surface area contributed by atoms with Gasteiger partial charge < -0.3 is 5.32 Å². The van der Waals surface area contributed by atoms with Crippen molar-refractivity contribution in [3.8, 4) is 0 Å². The quantitative estimate of drug-likeness (QED) is 0.528. The molecule has 30 heavy (non-hydrogen) atoms. The van der Waals surface area contributed by atoms with Crippen LogP contribution in [0.2, 0.25) is 10.0 Å². The molecular weight excluding hydrogens is 443 g/mol. The van der Waals surface area contributed by atoms with E-state index in [-0.39, 0.29) is 11.4 Å². The maximum atomic E-state index is 13.3. The van der Waals surface area contributed by atoms with Crippen LogP contribution in [0, 0.1) is 6.92 Å². The lowest BCUT2D eigenvalue weighted by Crippen LogP contribution is -2.37. The van der Waals surface area contributed by atoms with Gasteiger partial charge in [0.1, 0.15) is 0 Å². The van der Waals surface area contributed by atoms with Gasteiger partial charge in [-0.25, -0.2) is 8.42 Å². The number of para-hydroxylation sites is 1. The van der Waals surface area contributed by atoms with E-state index in [9.17, 15) is 13.2 Å². The van der Waals surface area contributed by atoms with E-state index in [0.29, 0.717) is 21.3 Å². The molecule has 8 heteroatoms. The molecule has 0 saturated heterocycles. The Balaban J connectivity index is 1.93. The number of halogens is 2. The van der Waals surface area contributed by atoms with Crippen LogP contribution in [0.15, 0.2) is 77.7 Å². The lowest BCUT2D eigenvalue weighted by molar-refractivity contribution is -0.116. The summed E-state index contributed by atoms with van der Waals surface area (Å²) in [5.41, 5.74) is 1.94. The maximum absolute atomic E-state index is 13.3. The highest BCUT2D eigenvalue weighted by atomic mass is 35.5. The van der Waals surface area contributed by atoms with Gasteiger partial charge >= 0.3 is 0 Å². The van der Waals surface area contributed by atoms with Crippen LogP contribution in [-0.2, 0) is 21.4 Å². The number of rotatable bonds is 7. The van der Waals surface area contributed by atoms with E-state index >= 15 is 0 Å². The Morgan fingerprint density at radius 1 is 0.900 bits per heavy atom. The number of amides is 1. The number of benzene rings is 3. The molecule has 0 saturated carbocycles. The Morgan fingerprint density at radius 2 is 1.50 bits per heavy atom. The molecule has 0 radical (unpaired) electrons.